The average Bonchev–Trinajstić information content (AvgIpc) is 2.54. The Bertz CT molecular complexity index is 724. The number of anilines is 2. The van der Waals surface area contributed by atoms with Gasteiger partial charge in [0.2, 0.25) is 0 Å². The molecular formula is C14H13N5O. The standard InChI is InChI=1S/C14H13N5O/c1-19(10-7-15-14(20-2)16-8-10)13-11-5-3-4-6-12(11)17-9-18-13/h3-9H,1-2H3. The molecule has 0 atom stereocenters. The molecule has 0 aliphatic carbocycles. The van der Waals surface area contributed by atoms with Crippen LogP contribution in [0.3, 0.4) is 0 Å². The van der Waals surface area contributed by atoms with E-state index in [4.69, 9.17) is 4.74 Å². The van der Waals surface area contributed by atoms with Gasteiger partial charge in [0.1, 0.15) is 12.1 Å². The summed E-state index contributed by atoms with van der Waals surface area (Å²) < 4.78 is 4.96. The second-order valence-electron chi connectivity index (χ2n) is 4.20. The summed E-state index contributed by atoms with van der Waals surface area (Å²) in [5.41, 5.74) is 1.73. The molecule has 0 saturated heterocycles. The topological polar surface area (TPSA) is 64.0 Å². The van der Waals surface area contributed by atoms with E-state index in [-0.39, 0.29) is 0 Å². The fourth-order valence-corrected chi connectivity index (χ4v) is 1.97. The molecule has 20 heavy (non-hydrogen) atoms. The number of aromatic nitrogens is 4. The van der Waals surface area contributed by atoms with Crippen LogP contribution < -0.4 is 9.64 Å². The Kier molecular flexibility index (Phi) is 3.12. The molecule has 0 aliphatic heterocycles. The van der Waals surface area contributed by atoms with Crippen LogP contribution in [0.15, 0.2) is 43.0 Å². The lowest BCUT2D eigenvalue weighted by molar-refractivity contribution is 0.380. The first-order chi connectivity index (χ1) is 9.79. The van der Waals surface area contributed by atoms with Crippen molar-refractivity contribution in [3.05, 3.63) is 43.0 Å². The van der Waals surface area contributed by atoms with E-state index in [0.717, 1.165) is 22.4 Å². The zero-order chi connectivity index (χ0) is 13.9. The zero-order valence-electron chi connectivity index (χ0n) is 11.2. The van der Waals surface area contributed by atoms with Crippen molar-refractivity contribution in [3.8, 4) is 6.01 Å². The number of hydrogen-bond acceptors (Lipinski definition) is 6. The van der Waals surface area contributed by atoms with Crippen molar-refractivity contribution in [2.45, 2.75) is 0 Å². The van der Waals surface area contributed by atoms with Crippen molar-refractivity contribution >= 4 is 22.4 Å². The molecule has 3 rings (SSSR count). The minimum Gasteiger partial charge on any atom is -0.467 e. The number of fused-ring (bicyclic) bond motifs is 1. The number of ether oxygens (including phenoxy) is 1. The Balaban J connectivity index is 2.05. The highest BCUT2D eigenvalue weighted by molar-refractivity contribution is 5.90. The average molecular weight is 267 g/mol. The summed E-state index contributed by atoms with van der Waals surface area (Å²) in [6.45, 7) is 0. The second kappa shape index (κ2) is 5.08. The smallest absolute Gasteiger partial charge is 0.316 e. The van der Waals surface area contributed by atoms with Gasteiger partial charge in [-0.2, -0.15) is 0 Å². The van der Waals surface area contributed by atoms with Gasteiger partial charge in [-0.05, 0) is 12.1 Å². The number of benzene rings is 1. The number of para-hydroxylation sites is 1. The number of rotatable bonds is 3. The maximum atomic E-state index is 4.96. The Labute approximate surface area is 116 Å². The van der Waals surface area contributed by atoms with E-state index in [0.29, 0.717) is 6.01 Å². The third kappa shape index (κ3) is 2.11. The highest BCUT2D eigenvalue weighted by Gasteiger charge is 2.11. The fraction of sp³-hybridized carbons (Fsp3) is 0.143. The van der Waals surface area contributed by atoms with Gasteiger partial charge in [0.15, 0.2) is 0 Å². The van der Waals surface area contributed by atoms with Gasteiger partial charge >= 0.3 is 6.01 Å². The molecule has 3 aromatic rings. The summed E-state index contributed by atoms with van der Waals surface area (Å²) in [4.78, 5) is 18.7. The molecular weight excluding hydrogens is 254 g/mol. The van der Waals surface area contributed by atoms with E-state index in [1.54, 1.807) is 18.7 Å². The molecule has 2 aromatic heterocycles. The lowest BCUT2D eigenvalue weighted by atomic mass is 10.2. The molecule has 0 N–H and O–H groups in total. The number of nitrogens with zero attached hydrogens (tertiary/aromatic N) is 5. The van der Waals surface area contributed by atoms with Crippen LogP contribution in [0.5, 0.6) is 6.01 Å². The van der Waals surface area contributed by atoms with Gasteiger partial charge in [0.05, 0.1) is 30.7 Å². The second-order valence-corrected chi connectivity index (χ2v) is 4.20. The van der Waals surface area contributed by atoms with Crippen LogP contribution >= 0.6 is 0 Å². The predicted octanol–water partition coefficient (Wildman–Crippen LogP) is 2.20. The Morgan fingerprint density at radius 2 is 1.75 bits per heavy atom. The summed E-state index contributed by atoms with van der Waals surface area (Å²) in [7, 11) is 3.45. The molecule has 0 aliphatic rings. The molecule has 0 unspecified atom stereocenters. The van der Waals surface area contributed by atoms with Crippen molar-refractivity contribution in [1.29, 1.82) is 0 Å². The molecule has 0 radical (unpaired) electrons. The molecule has 6 heteroatoms. The third-order valence-electron chi connectivity index (χ3n) is 3.02. The molecule has 100 valence electrons. The van der Waals surface area contributed by atoms with Crippen LogP contribution in [0, 0.1) is 0 Å². The van der Waals surface area contributed by atoms with E-state index >= 15 is 0 Å². The van der Waals surface area contributed by atoms with Crippen LogP contribution in [-0.4, -0.2) is 34.1 Å². The monoisotopic (exact) mass is 267 g/mol. The van der Waals surface area contributed by atoms with E-state index in [2.05, 4.69) is 19.9 Å². The van der Waals surface area contributed by atoms with Gasteiger partial charge in [0, 0.05) is 12.4 Å². The summed E-state index contributed by atoms with van der Waals surface area (Å²) in [6, 6.07) is 8.21. The van der Waals surface area contributed by atoms with Crippen LogP contribution in [0.4, 0.5) is 11.5 Å². The van der Waals surface area contributed by atoms with Crippen LogP contribution in [-0.2, 0) is 0 Å². The first-order valence-corrected chi connectivity index (χ1v) is 6.09. The van der Waals surface area contributed by atoms with Crippen molar-refractivity contribution in [1.82, 2.24) is 19.9 Å². The maximum Gasteiger partial charge on any atom is 0.316 e. The summed E-state index contributed by atoms with van der Waals surface area (Å²) in [6.07, 6.45) is 4.95. The molecule has 0 spiro atoms. The quantitative estimate of drug-likeness (QED) is 0.725. The Hall–Kier alpha value is -2.76. The van der Waals surface area contributed by atoms with Gasteiger partial charge in [-0.25, -0.2) is 19.9 Å². The van der Waals surface area contributed by atoms with Gasteiger partial charge in [-0.1, -0.05) is 12.1 Å². The summed E-state index contributed by atoms with van der Waals surface area (Å²) >= 11 is 0. The normalized spacial score (nSPS) is 10.5. The molecule has 0 fully saturated rings. The fourth-order valence-electron chi connectivity index (χ4n) is 1.97. The van der Waals surface area contributed by atoms with E-state index < -0.39 is 0 Å². The molecule has 1 aromatic carbocycles. The van der Waals surface area contributed by atoms with Gasteiger partial charge < -0.3 is 9.64 Å². The van der Waals surface area contributed by atoms with Gasteiger partial charge in [-0.3, -0.25) is 0 Å². The van der Waals surface area contributed by atoms with Crippen LogP contribution in [0.1, 0.15) is 0 Å². The Morgan fingerprint density at radius 3 is 2.50 bits per heavy atom. The lowest BCUT2D eigenvalue weighted by Gasteiger charge is -2.18. The third-order valence-corrected chi connectivity index (χ3v) is 3.02. The van der Waals surface area contributed by atoms with E-state index in [9.17, 15) is 0 Å². The Morgan fingerprint density at radius 1 is 1.00 bits per heavy atom. The van der Waals surface area contributed by atoms with Crippen molar-refractivity contribution < 1.29 is 4.74 Å². The van der Waals surface area contributed by atoms with E-state index in [1.165, 1.54) is 7.11 Å². The number of methoxy groups -OCH3 is 1. The molecule has 0 saturated carbocycles. The van der Waals surface area contributed by atoms with Gasteiger partial charge in [-0.15, -0.1) is 0 Å². The van der Waals surface area contributed by atoms with Crippen molar-refractivity contribution in [2.75, 3.05) is 19.1 Å². The highest BCUT2D eigenvalue weighted by atomic mass is 16.5. The maximum absolute atomic E-state index is 4.96. The summed E-state index contributed by atoms with van der Waals surface area (Å²) in [5, 5.41) is 0.980. The van der Waals surface area contributed by atoms with Gasteiger partial charge in [0.25, 0.3) is 0 Å². The van der Waals surface area contributed by atoms with Crippen LogP contribution in [0.2, 0.25) is 0 Å². The highest BCUT2D eigenvalue weighted by Crippen LogP contribution is 2.27. The molecule has 0 amide bonds. The van der Waals surface area contributed by atoms with Crippen molar-refractivity contribution in [3.63, 3.8) is 0 Å². The largest absolute Gasteiger partial charge is 0.467 e. The summed E-state index contributed by atoms with van der Waals surface area (Å²) in [5.74, 6) is 0.810. The molecule has 6 nitrogen and oxygen atoms in total. The molecule has 0 bridgehead atoms. The van der Waals surface area contributed by atoms with Crippen LogP contribution in [0.25, 0.3) is 10.9 Å². The van der Waals surface area contributed by atoms with E-state index in [1.807, 2.05) is 36.2 Å². The molecule has 2 heterocycles. The first-order valence-electron chi connectivity index (χ1n) is 6.09. The minimum atomic E-state index is 0.342. The SMILES string of the molecule is COc1ncc(N(C)c2ncnc3ccccc23)cn1. The predicted molar refractivity (Wildman–Crippen MR) is 76.2 cm³/mol. The number of hydrogen-bond donors (Lipinski definition) is 0. The van der Waals surface area contributed by atoms with Crippen molar-refractivity contribution in [2.24, 2.45) is 0 Å². The zero-order valence-corrected chi connectivity index (χ0v) is 11.2. The lowest BCUT2D eigenvalue weighted by Crippen LogP contribution is -2.12. The first kappa shape index (κ1) is 12.3. The minimum absolute atomic E-state index is 0.342.